The third-order valence-electron chi connectivity index (χ3n) is 12.7. The van der Waals surface area contributed by atoms with Gasteiger partial charge in [-0.1, -0.05) is 78.5 Å². The second-order valence-electron chi connectivity index (χ2n) is 18.9. The minimum Gasteiger partial charge on any atom is -0.464 e. The van der Waals surface area contributed by atoms with Crippen molar-refractivity contribution in [1.82, 2.24) is 39.8 Å². The minimum atomic E-state index is -1.09. The zero-order valence-electron chi connectivity index (χ0n) is 39.6. The van der Waals surface area contributed by atoms with E-state index in [0.29, 0.717) is 25.8 Å². The van der Waals surface area contributed by atoms with E-state index in [0.717, 1.165) is 62.7 Å². The first-order valence-corrected chi connectivity index (χ1v) is 22.9. The molecule has 5 heterocycles. The molecule has 2 aliphatic rings. The molecule has 0 spiro atoms. The Balaban J connectivity index is 1.29. The predicted octanol–water partition coefficient (Wildman–Crippen LogP) is 6.82. The van der Waals surface area contributed by atoms with Crippen LogP contribution in [0.1, 0.15) is 94.7 Å². The van der Waals surface area contributed by atoms with Gasteiger partial charge in [0.05, 0.1) is 24.2 Å². The van der Waals surface area contributed by atoms with Crippen molar-refractivity contribution >= 4 is 46.3 Å². The highest BCUT2D eigenvalue weighted by Crippen LogP contribution is 2.42. The van der Waals surface area contributed by atoms with Gasteiger partial charge >= 0.3 is 5.97 Å². The second kappa shape index (κ2) is 19.5. The maximum atomic E-state index is 14.7. The number of esters is 1. The second-order valence-corrected chi connectivity index (χ2v) is 18.9. The fourth-order valence-corrected chi connectivity index (χ4v) is 9.38. The average Bonchev–Trinajstić information content (AvgIpc) is 3.81. The summed E-state index contributed by atoms with van der Waals surface area (Å²) in [7, 11) is 3.10. The molecule has 6 bridgehead atoms. The Morgan fingerprint density at radius 1 is 1.05 bits per heavy atom. The number of imidazole rings is 1. The number of carbonyl (C=O) groups is 5. The van der Waals surface area contributed by atoms with Gasteiger partial charge in [-0.15, -0.1) is 0 Å². The molecule has 3 atom stereocenters. The number of anilines is 1. The van der Waals surface area contributed by atoms with Gasteiger partial charge in [-0.25, -0.2) is 10.4 Å². The summed E-state index contributed by atoms with van der Waals surface area (Å²) in [4.78, 5) is 79.5. The third kappa shape index (κ3) is 9.67. The lowest BCUT2D eigenvalue weighted by molar-refractivity contribution is -0.155. The lowest BCUT2D eigenvalue weighted by Gasteiger charge is -2.36. The summed E-state index contributed by atoms with van der Waals surface area (Å²) >= 11 is 0. The number of hydrogen-bond acceptors (Lipinski definition) is 9. The number of benzene rings is 2. The summed E-state index contributed by atoms with van der Waals surface area (Å²) in [5, 5.41) is 8.16. The van der Waals surface area contributed by atoms with Crippen molar-refractivity contribution in [2.24, 2.45) is 18.4 Å². The van der Waals surface area contributed by atoms with Crippen LogP contribution in [0.25, 0.3) is 33.3 Å². The number of nitrogens with zero attached hydrogens (tertiary/aromatic N) is 6. The Morgan fingerprint density at radius 3 is 2.52 bits per heavy atom. The first-order chi connectivity index (χ1) is 31.4. The number of aryl methyl sites for hydroxylation is 1. The highest BCUT2D eigenvalue weighted by Gasteiger charge is 2.38. The number of cyclic esters (lactones) is 1. The number of fused-ring (bicyclic) bond motifs is 6. The molecule has 2 aromatic carbocycles. The summed E-state index contributed by atoms with van der Waals surface area (Å²) in [5.41, 5.74) is 10.9. The molecule has 4 amide bonds. The number of amides is 4. The number of likely N-dealkylation sites (N-methyl/N-ethyl adjacent to an activating group) is 1. The van der Waals surface area contributed by atoms with Gasteiger partial charge in [0, 0.05) is 61.7 Å². The fraction of sp³-hybridized carbons (Fsp3) is 0.431. The van der Waals surface area contributed by atoms with E-state index in [4.69, 9.17) is 9.72 Å². The maximum Gasteiger partial charge on any atom is 0.324 e. The molecule has 0 aliphatic carbocycles. The lowest BCUT2D eigenvalue weighted by atomic mass is 9.83. The number of ether oxygens (including phenoxy) is 1. The van der Waals surface area contributed by atoms with E-state index < -0.39 is 53.1 Å². The summed E-state index contributed by atoms with van der Waals surface area (Å²) in [6.45, 7) is 19.0. The molecule has 0 saturated carbocycles. The van der Waals surface area contributed by atoms with Crippen molar-refractivity contribution < 1.29 is 28.7 Å². The standard InChI is InChI=1S/C51H63N9O6/c1-11-42(61)55-41-28-53-46(57(41)9)49(64)58(10)44(31(5)6)47(62)54-39-25-32-16-13-17-33(24-32)34-20-21-40-36(26-34)37(45(59(40)12-2)35-18-14-22-52-43(35)30(3)4)27-51(7,8)29-66-50(65)38-19-15-23-60(56-38)48(39)63/h11,13-14,16-18,20-22,24,26,28,30-31,38-39,44,56H,1,12,15,19,23,25,27,29H2,2-10H3,(H,54,62)(H,55,61)/t38-,39-,44-/m0/s1. The van der Waals surface area contributed by atoms with Crippen LogP contribution in [-0.4, -0.2) is 96.9 Å². The van der Waals surface area contributed by atoms with Crippen LogP contribution in [0.5, 0.6) is 0 Å². The molecule has 0 unspecified atom stereocenters. The van der Waals surface area contributed by atoms with Gasteiger partial charge in [-0.3, -0.25) is 34.0 Å². The van der Waals surface area contributed by atoms with Crippen molar-refractivity contribution in [2.75, 3.05) is 25.5 Å². The van der Waals surface area contributed by atoms with Gasteiger partial charge in [0.1, 0.15) is 23.9 Å². The largest absolute Gasteiger partial charge is 0.464 e. The van der Waals surface area contributed by atoms with Crippen molar-refractivity contribution in [3.63, 3.8) is 0 Å². The van der Waals surface area contributed by atoms with Crippen LogP contribution in [0.15, 0.2) is 79.6 Å². The number of hydrazine groups is 1. The minimum absolute atomic E-state index is 0.00317. The van der Waals surface area contributed by atoms with Crippen LogP contribution in [0.2, 0.25) is 0 Å². The van der Waals surface area contributed by atoms with E-state index in [2.05, 4.69) is 103 Å². The maximum absolute atomic E-state index is 14.7. The molecule has 3 aromatic heterocycles. The Bertz CT molecular complexity index is 2680. The molecular formula is C51H63N9O6. The fourth-order valence-electron chi connectivity index (χ4n) is 9.38. The number of rotatable bonds is 10. The van der Waals surface area contributed by atoms with E-state index in [1.165, 1.54) is 27.7 Å². The Kier molecular flexibility index (Phi) is 14.0. The van der Waals surface area contributed by atoms with Crippen molar-refractivity contribution in [1.29, 1.82) is 0 Å². The smallest absolute Gasteiger partial charge is 0.324 e. The molecular weight excluding hydrogens is 835 g/mol. The molecule has 7 rings (SSSR count). The van der Waals surface area contributed by atoms with Gasteiger partial charge in [0.25, 0.3) is 11.8 Å². The lowest BCUT2D eigenvalue weighted by Crippen LogP contribution is -2.62. The quantitative estimate of drug-likeness (QED) is 0.101. The molecule has 5 aromatic rings. The summed E-state index contributed by atoms with van der Waals surface area (Å²) < 4.78 is 9.92. The van der Waals surface area contributed by atoms with E-state index in [-0.39, 0.29) is 36.5 Å². The zero-order chi connectivity index (χ0) is 47.6. The van der Waals surface area contributed by atoms with Crippen LogP contribution in [-0.2, 0) is 50.3 Å². The molecule has 1 saturated heterocycles. The number of aromatic nitrogens is 4. The number of nitrogens with one attached hydrogen (secondary N) is 3. The van der Waals surface area contributed by atoms with Gasteiger partial charge < -0.3 is 29.4 Å². The molecule has 15 heteroatoms. The topological polar surface area (TPSA) is 173 Å². The molecule has 348 valence electrons. The monoisotopic (exact) mass is 897 g/mol. The zero-order valence-corrected chi connectivity index (χ0v) is 39.6. The molecule has 1 fully saturated rings. The first kappa shape index (κ1) is 47.4. The van der Waals surface area contributed by atoms with Gasteiger partial charge in [-0.05, 0) is 90.6 Å². The number of carbonyl (C=O) groups excluding carboxylic acids is 5. The van der Waals surface area contributed by atoms with Gasteiger partial charge in [0.2, 0.25) is 17.6 Å². The van der Waals surface area contributed by atoms with Crippen LogP contribution in [0, 0.1) is 11.3 Å². The summed E-state index contributed by atoms with van der Waals surface area (Å²) in [6.07, 6.45) is 6.06. The van der Waals surface area contributed by atoms with Crippen LogP contribution in [0.3, 0.4) is 0 Å². The SMILES string of the molecule is C=CC(=O)Nc1cnc(C(=O)N(C)[C@H](C(=O)N[C@H]2Cc3cccc(c3)-c3ccc4c(c3)c(c(-c3cccnc3C(C)C)n4CC)CC(C)(C)COC(=O)[C@@H]3CCCN(N3)C2=O)C(C)C)n1C. The molecule has 66 heavy (non-hydrogen) atoms. The van der Waals surface area contributed by atoms with E-state index in [9.17, 15) is 24.0 Å². The molecule has 15 nitrogen and oxygen atoms in total. The molecule has 0 radical (unpaired) electrons. The highest BCUT2D eigenvalue weighted by atomic mass is 16.5. The van der Waals surface area contributed by atoms with Crippen molar-refractivity contribution in [2.45, 2.75) is 105 Å². The van der Waals surface area contributed by atoms with Crippen molar-refractivity contribution in [3.8, 4) is 22.4 Å². The Labute approximate surface area is 387 Å². The third-order valence-corrected chi connectivity index (χ3v) is 12.7. The van der Waals surface area contributed by atoms with E-state index in [1.54, 1.807) is 7.05 Å². The normalized spacial score (nSPS) is 18.1. The van der Waals surface area contributed by atoms with E-state index >= 15 is 0 Å². The van der Waals surface area contributed by atoms with Gasteiger partial charge in [-0.2, -0.15) is 0 Å². The number of hydrogen-bond donors (Lipinski definition) is 3. The van der Waals surface area contributed by atoms with Gasteiger partial charge in [0.15, 0.2) is 0 Å². The summed E-state index contributed by atoms with van der Waals surface area (Å²) in [6, 6.07) is 15.8. The van der Waals surface area contributed by atoms with Crippen LogP contribution < -0.4 is 16.1 Å². The Hall–Kier alpha value is -6.61. The number of pyridine rings is 1. The van der Waals surface area contributed by atoms with Crippen LogP contribution in [0.4, 0.5) is 5.82 Å². The first-order valence-electron chi connectivity index (χ1n) is 22.9. The highest BCUT2D eigenvalue weighted by molar-refractivity contribution is 6.00. The predicted molar refractivity (Wildman–Crippen MR) is 255 cm³/mol. The van der Waals surface area contributed by atoms with Crippen molar-refractivity contribution in [3.05, 3.63) is 102 Å². The van der Waals surface area contributed by atoms with Crippen LogP contribution >= 0.6 is 0 Å². The molecule has 3 N–H and O–H groups in total. The average molecular weight is 898 g/mol. The Morgan fingerprint density at radius 2 is 1.80 bits per heavy atom. The van der Waals surface area contributed by atoms with E-state index in [1.807, 2.05) is 38.2 Å². The summed E-state index contributed by atoms with van der Waals surface area (Å²) in [5.74, 6) is -2.35. The molecule has 2 aliphatic heterocycles.